The molecule has 1 spiro atoms. The number of nitrogens with one attached hydrogen (secondary N) is 1. The van der Waals surface area contributed by atoms with Gasteiger partial charge in [0.25, 0.3) is 0 Å². The monoisotopic (exact) mass is 428 g/mol. The molecule has 2 saturated heterocycles. The number of nitrogens with zero attached hydrogens (tertiary/aromatic N) is 7. The van der Waals surface area contributed by atoms with Gasteiger partial charge in [-0.2, -0.15) is 10.1 Å². The van der Waals surface area contributed by atoms with Crippen molar-refractivity contribution in [1.29, 1.82) is 0 Å². The van der Waals surface area contributed by atoms with E-state index in [4.69, 9.17) is 9.97 Å². The number of imidazole rings is 1. The number of rotatable bonds is 3. The summed E-state index contributed by atoms with van der Waals surface area (Å²) in [5.74, 6) is 0.717. The molecule has 1 aromatic carbocycles. The van der Waals surface area contributed by atoms with Gasteiger partial charge in [0.2, 0.25) is 11.9 Å². The van der Waals surface area contributed by atoms with Gasteiger partial charge in [-0.1, -0.05) is 12.6 Å². The highest BCUT2D eigenvalue weighted by Gasteiger charge is 2.49. The van der Waals surface area contributed by atoms with Crippen LogP contribution in [0.15, 0.2) is 37.3 Å². The van der Waals surface area contributed by atoms with Crippen LogP contribution in [-0.2, 0) is 11.8 Å². The Labute approximate surface area is 184 Å². The fourth-order valence-corrected chi connectivity index (χ4v) is 5.16. The van der Waals surface area contributed by atoms with Crippen LogP contribution >= 0.6 is 0 Å². The molecule has 1 amide bonds. The second kappa shape index (κ2) is 6.62. The predicted molar refractivity (Wildman–Crippen MR) is 122 cm³/mol. The minimum Gasteiger partial charge on any atom is -0.340 e. The van der Waals surface area contributed by atoms with Crippen LogP contribution in [-0.4, -0.2) is 66.7 Å². The zero-order valence-electron chi connectivity index (χ0n) is 18.2. The molecule has 3 aromatic heterocycles. The van der Waals surface area contributed by atoms with Crippen molar-refractivity contribution in [3.05, 3.63) is 42.9 Å². The second-order valence-electron chi connectivity index (χ2n) is 9.06. The van der Waals surface area contributed by atoms with E-state index in [1.165, 1.54) is 6.08 Å². The van der Waals surface area contributed by atoms with E-state index in [2.05, 4.69) is 39.7 Å². The van der Waals surface area contributed by atoms with E-state index in [1.807, 2.05) is 28.8 Å². The summed E-state index contributed by atoms with van der Waals surface area (Å²) in [6.07, 6.45) is 6.04. The maximum absolute atomic E-state index is 11.9. The lowest BCUT2D eigenvalue weighted by molar-refractivity contribution is -0.136. The van der Waals surface area contributed by atoms with Gasteiger partial charge in [0.1, 0.15) is 11.2 Å². The van der Waals surface area contributed by atoms with Crippen molar-refractivity contribution in [2.75, 3.05) is 31.1 Å². The van der Waals surface area contributed by atoms with Crippen molar-refractivity contribution < 1.29 is 4.79 Å². The summed E-state index contributed by atoms with van der Waals surface area (Å²) in [6.45, 7) is 8.93. The maximum Gasteiger partial charge on any atom is 0.245 e. The number of aromatic amines is 1. The van der Waals surface area contributed by atoms with E-state index in [-0.39, 0.29) is 11.3 Å². The number of hydrogen-bond donors (Lipinski definition) is 1. The largest absolute Gasteiger partial charge is 0.340 e. The number of fused-ring (bicyclic) bond motifs is 2. The van der Waals surface area contributed by atoms with Crippen LogP contribution in [0.5, 0.6) is 0 Å². The van der Waals surface area contributed by atoms with Crippen molar-refractivity contribution in [3.8, 4) is 11.3 Å². The summed E-state index contributed by atoms with van der Waals surface area (Å²) >= 11 is 0. The van der Waals surface area contributed by atoms with Crippen LogP contribution in [0.25, 0.3) is 33.3 Å². The van der Waals surface area contributed by atoms with Crippen molar-refractivity contribution in [3.63, 3.8) is 0 Å². The summed E-state index contributed by atoms with van der Waals surface area (Å²) in [5.41, 5.74) is 5.65. The summed E-state index contributed by atoms with van der Waals surface area (Å²) in [4.78, 5) is 30.6. The van der Waals surface area contributed by atoms with Gasteiger partial charge in [0.05, 0.1) is 18.0 Å². The summed E-state index contributed by atoms with van der Waals surface area (Å²) in [5, 5.41) is 8.32. The molecule has 32 heavy (non-hydrogen) atoms. The van der Waals surface area contributed by atoms with Gasteiger partial charge in [-0.15, -0.1) is 0 Å². The van der Waals surface area contributed by atoms with Gasteiger partial charge in [-0.25, -0.2) is 9.97 Å². The number of carbonyl (C=O) groups excluding carboxylic acids is 1. The van der Waals surface area contributed by atoms with Crippen LogP contribution in [0.2, 0.25) is 0 Å². The molecule has 9 heteroatoms. The van der Waals surface area contributed by atoms with Crippen molar-refractivity contribution in [2.45, 2.75) is 13.3 Å². The Morgan fingerprint density at radius 1 is 1.25 bits per heavy atom. The average Bonchev–Trinajstić information content (AvgIpc) is 3.50. The Kier molecular flexibility index (Phi) is 3.93. The van der Waals surface area contributed by atoms with Gasteiger partial charge >= 0.3 is 0 Å². The van der Waals surface area contributed by atoms with Gasteiger partial charge in [0.15, 0.2) is 5.65 Å². The minimum atomic E-state index is 0.00703. The lowest BCUT2D eigenvalue weighted by Gasteiger charge is -2.47. The zero-order chi connectivity index (χ0) is 22.0. The normalized spacial score (nSPS) is 17.4. The Balaban J connectivity index is 1.43. The molecule has 0 saturated carbocycles. The van der Waals surface area contributed by atoms with Crippen LogP contribution in [0.1, 0.15) is 12.0 Å². The van der Waals surface area contributed by atoms with E-state index in [0.717, 1.165) is 71.5 Å². The summed E-state index contributed by atoms with van der Waals surface area (Å²) in [6, 6.07) is 4.12. The number of hydrogen-bond acceptors (Lipinski definition) is 6. The topological polar surface area (TPSA) is 95.8 Å². The molecule has 0 unspecified atom stereocenters. The van der Waals surface area contributed by atoms with Crippen molar-refractivity contribution in [1.82, 2.24) is 34.6 Å². The average molecular weight is 429 g/mol. The molecule has 0 radical (unpaired) electrons. The first-order chi connectivity index (χ1) is 15.5. The first kappa shape index (κ1) is 19.0. The fraction of sp³-hybridized carbons (Fsp3) is 0.348. The van der Waals surface area contributed by atoms with E-state index >= 15 is 0 Å². The Morgan fingerprint density at radius 2 is 2.09 bits per heavy atom. The second-order valence-corrected chi connectivity index (χ2v) is 9.06. The third-order valence-corrected chi connectivity index (χ3v) is 6.88. The lowest BCUT2D eigenvalue weighted by Crippen LogP contribution is -2.59. The third kappa shape index (κ3) is 2.66. The van der Waals surface area contributed by atoms with Gasteiger partial charge in [-0.05, 0) is 31.1 Å². The van der Waals surface area contributed by atoms with Crippen LogP contribution in [0.3, 0.4) is 0 Å². The molecule has 0 bridgehead atoms. The molecule has 2 fully saturated rings. The quantitative estimate of drug-likeness (QED) is 0.504. The molecular formula is C23H24N8O. The van der Waals surface area contributed by atoms with Crippen LogP contribution < -0.4 is 4.90 Å². The Bertz CT molecular complexity index is 1390. The number of anilines is 1. The molecule has 9 nitrogen and oxygen atoms in total. The van der Waals surface area contributed by atoms with Crippen molar-refractivity contribution in [2.24, 2.45) is 12.5 Å². The standard InChI is InChI=1S/C23H24N8O/c1-4-17(32)31-11-23(12-31)7-8-30(10-23)22-26-19(20-21(27-22)29(3)13-24-20)18-14(2)5-6-16-15(18)9-25-28-16/h4-6,9,13H,1,7-8,10-12H2,2-3H3,(H,25,28). The predicted octanol–water partition coefficient (Wildman–Crippen LogP) is 2.44. The number of aryl methyl sites for hydroxylation is 2. The number of likely N-dealkylation sites (tertiary alicyclic amines) is 1. The van der Waals surface area contributed by atoms with E-state index in [0.29, 0.717) is 5.95 Å². The molecule has 2 aliphatic heterocycles. The highest BCUT2D eigenvalue weighted by atomic mass is 16.2. The number of aromatic nitrogens is 6. The first-order valence-corrected chi connectivity index (χ1v) is 10.8. The molecule has 6 rings (SSSR count). The van der Waals surface area contributed by atoms with Gasteiger partial charge in [0, 0.05) is 49.6 Å². The zero-order valence-corrected chi connectivity index (χ0v) is 18.2. The summed E-state index contributed by atoms with van der Waals surface area (Å²) in [7, 11) is 1.96. The first-order valence-electron chi connectivity index (χ1n) is 10.8. The number of amides is 1. The molecule has 1 N–H and O–H groups in total. The van der Waals surface area contributed by atoms with Crippen LogP contribution in [0, 0.1) is 12.3 Å². The highest BCUT2D eigenvalue weighted by Crippen LogP contribution is 2.41. The molecule has 0 aliphatic carbocycles. The molecule has 5 heterocycles. The van der Waals surface area contributed by atoms with Crippen LogP contribution in [0.4, 0.5) is 5.95 Å². The number of H-pyrrole nitrogens is 1. The van der Waals surface area contributed by atoms with E-state index in [9.17, 15) is 4.79 Å². The van der Waals surface area contributed by atoms with Crippen molar-refractivity contribution >= 4 is 33.9 Å². The number of benzene rings is 1. The maximum atomic E-state index is 11.9. The molecular weight excluding hydrogens is 404 g/mol. The minimum absolute atomic E-state index is 0.00703. The fourth-order valence-electron chi connectivity index (χ4n) is 5.16. The Morgan fingerprint density at radius 3 is 2.91 bits per heavy atom. The smallest absolute Gasteiger partial charge is 0.245 e. The molecule has 2 aliphatic rings. The van der Waals surface area contributed by atoms with Gasteiger partial charge < -0.3 is 14.4 Å². The Hall–Kier alpha value is -3.75. The molecule has 0 atom stereocenters. The molecule has 162 valence electrons. The lowest BCUT2D eigenvalue weighted by atomic mass is 9.79. The van der Waals surface area contributed by atoms with E-state index < -0.39 is 0 Å². The van der Waals surface area contributed by atoms with E-state index in [1.54, 1.807) is 6.33 Å². The number of carbonyl (C=O) groups is 1. The molecule has 4 aromatic rings. The summed E-state index contributed by atoms with van der Waals surface area (Å²) < 4.78 is 1.94. The highest BCUT2D eigenvalue weighted by molar-refractivity contribution is 6.01. The SMILES string of the molecule is C=CC(=O)N1CC2(CCN(c3nc(-c4c(C)ccc5[nH]ncc45)c4ncn(C)c4n3)C2)C1. The van der Waals surface area contributed by atoms with Gasteiger partial charge in [-0.3, -0.25) is 9.89 Å². The third-order valence-electron chi connectivity index (χ3n) is 6.88.